The van der Waals surface area contributed by atoms with Gasteiger partial charge < -0.3 is 9.88 Å². The van der Waals surface area contributed by atoms with Crippen molar-refractivity contribution in [1.82, 2.24) is 4.57 Å². The monoisotopic (exact) mass is 214 g/mol. The number of anilines is 1. The van der Waals surface area contributed by atoms with Gasteiger partial charge in [0.15, 0.2) is 0 Å². The molecule has 1 aromatic heterocycles. The molecule has 2 nitrogen and oxygen atoms in total. The molecule has 0 amide bonds. The third-order valence-corrected chi connectivity index (χ3v) is 2.77. The van der Waals surface area contributed by atoms with Gasteiger partial charge in [0, 0.05) is 31.7 Å². The number of aromatic nitrogens is 1. The van der Waals surface area contributed by atoms with Crippen LogP contribution in [-0.4, -0.2) is 4.57 Å². The van der Waals surface area contributed by atoms with E-state index < -0.39 is 0 Å². The van der Waals surface area contributed by atoms with Gasteiger partial charge in [-0.25, -0.2) is 0 Å². The van der Waals surface area contributed by atoms with E-state index in [-0.39, 0.29) is 0 Å². The molecule has 0 aliphatic heterocycles. The Morgan fingerprint density at radius 2 is 2.00 bits per heavy atom. The molecule has 84 valence electrons. The summed E-state index contributed by atoms with van der Waals surface area (Å²) in [5.74, 6) is 0. The number of nitrogens with one attached hydrogen (secondary N) is 1. The molecule has 0 radical (unpaired) electrons. The molecule has 2 rings (SSSR count). The lowest BCUT2D eigenvalue weighted by Crippen LogP contribution is -2.01. The zero-order chi connectivity index (χ0) is 11.4. The van der Waals surface area contributed by atoms with Crippen molar-refractivity contribution in [3.8, 4) is 0 Å². The second kappa shape index (κ2) is 4.88. The number of hydrogen-bond donors (Lipinski definition) is 1. The molecule has 0 bridgehead atoms. The first-order valence-electron chi connectivity index (χ1n) is 5.72. The van der Waals surface area contributed by atoms with Crippen LogP contribution in [0, 0.1) is 0 Å². The molecule has 1 heterocycles. The Morgan fingerprint density at radius 3 is 2.69 bits per heavy atom. The molecule has 0 fully saturated rings. The fourth-order valence-corrected chi connectivity index (χ4v) is 1.86. The minimum atomic E-state index is 0.887. The number of benzene rings is 1. The highest BCUT2D eigenvalue weighted by molar-refractivity contribution is 5.51. The van der Waals surface area contributed by atoms with Gasteiger partial charge >= 0.3 is 0 Å². The summed E-state index contributed by atoms with van der Waals surface area (Å²) in [6.07, 6.45) is 5.28. The van der Waals surface area contributed by atoms with E-state index >= 15 is 0 Å². The molecule has 1 N–H and O–H groups in total. The smallest absolute Gasteiger partial charge is 0.0415 e. The Balaban J connectivity index is 2.04. The van der Waals surface area contributed by atoms with Gasteiger partial charge in [0.1, 0.15) is 0 Å². The molecular formula is C14H18N2. The molecule has 1 aromatic carbocycles. The van der Waals surface area contributed by atoms with E-state index in [4.69, 9.17) is 0 Å². The van der Waals surface area contributed by atoms with Gasteiger partial charge in [0.05, 0.1) is 0 Å². The lowest BCUT2D eigenvalue weighted by molar-refractivity contribution is 0.920. The van der Waals surface area contributed by atoms with Crippen LogP contribution in [0.25, 0.3) is 0 Å². The van der Waals surface area contributed by atoms with Gasteiger partial charge in [0.25, 0.3) is 0 Å². The van der Waals surface area contributed by atoms with Crippen LogP contribution in [0.1, 0.15) is 18.1 Å². The van der Waals surface area contributed by atoms with Gasteiger partial charge in [-0.3, -0.25) is 0 Å². The van der Waals surface area contributed by atoms with E-state index in [0.717, 1.165) is 13.0 Å². The van der Waals surface area contributed by atoms with Crippen LogP contribution in [-0.2, 0) is 20.0 Å². The average molecular weight is 214 g/mol. The highest BCUT2D eigenvalue weighted by Crippen LogP contribution is 2.16. The quantitative estimate of drug-likeness (QED) is 0.827. The van der Waals surface area contributed by atoms with Crippen LogP contribution in [0.15, 0.2) is 42.7 Å². The summed E-state index contributed by atoms with van der Waals surface area (Å²) in [7, 11) is 2.05. The number of nitrogens with zero attached hydrogens (tertiary/aromatic N) is 1. The summed E-state index contributed by atoms with van der Waals surface area (Å²) in [6, 6.07) is 10.6. The fraction of sp³-hybridized carbons (Fsp3) is 0.286. The zero-order valence-electron chi connectivity index (χ0n) is 9.90. The van der Waals surface area contributed by atoms with E-state index in [0.29, 0.717) is 0 Å². The number of hydrogen-bond acceptors (Lipinski definition) is 1. The Bertz CT molecular complexity index is 457. The Labute approximate surface area is 96.9 Å². The van der Waals surface area contributed by atoms with Crippen LogP contribution in [0.5, 0.6) is 0 Å². The summed E-state index contributed by atoms with van der Waals surface area (Å²) in [4.78, 5) is 0. The zero-order valence-corrected chi connectivity index (χ0v) is 9.90. The van der Waals surface area contributed by atoms with E-state index in [2.05, 4.69) is 59.5 Å². The summed E-state index contributed by atoms with van der Waals surface area (Å²) >= 11 is 0. The molecule has 0 saturated heterocycles. The SMILES string of the molecule is CCc1ccccc1NCc1ccn(C)c1. The van der Waals surface area contributed by atoms with Crippen molar-refractivity contribution in [3.63, 3.8) is 0 Å². The van der Waals surface area contributed by atoms with Crippen LogP contribution < -0.4 is 5.32 Å². The second-order valence-electron chi connectivity index (χ2n) is 4.05. The van der Waals surface area contributed by atoms with Crippen LogP contribution in [0.4, 0.5) is 5.69 Å². The number of para-hydroxylation sites is 1. The highest BCUT2D eigenvalue weighted by Gasteiger charge is 1.99. The maximum Gasteiger partial charge on any atom is 0.0415 e. The molecule has 0 aliphatic rings. The third-order valence-electron chi connectivity index (χ3n) is 2.77. The summed E-state index contributed by atoms with van der Waals surface area (Å²) in [5, 5.41) is 3.48. The minimum Gasteiger partial charge on any atom is -0.381 e. The summed E-state index contributed by atoms with van der Waals surface area (Å²) in [5.41, 5.74) is 3.93. The van der Waals surface area contributed by atoms with Crippen LogP contribution in [0.2, 0.25) is 0 Å². The average Bonchev–Trinajstić information content (AvgIpc) is 2.73. The maximum atomic E-state index is 3.48. The van der Waals surface area contributed by atoms with Crippen molar-refractivity contribution >= 4 is 5.69 Å². The van der Waals surface area contributed by atoms with Gasteiger partial charge in [0.2, 0.25) is 0 Å². The predicted octanol–water partition coefficient (Wildman–Crippen LogP) is 3.20. The third kappa shape index (κ3) is 2.45. The van der Waals surface area contributed by atoms with Crippen LogP contribution in [0.3, 0.4) is 0 Å². The normalized spacial score (nSPS) is 10.4. The highest BCUT2D eigenvalue weighted by atomic mass is 14.9. The number of rotatable bonds is 4. The molecule has 0 aliphatic carbocycles. The van der Waals surface area contributed by atoms with E-state index in [9.17, 15) is 0 Å². The molecule has 0 atom stereocenters. The van der Waals surface area contributed by atoms with Gasteiger partial charge in [-0.1, -0.05) is 25.1 Å². The van der Waals surface area contributed by atoms with E-state index in [1.165, 1.54) is 16.8 Å². The molecule has 0 unspecified atom stereocenters. The van der Waals surface area contributed by atoms with Crippen molar-refractivity contribution in [3.05, 3.63) is 53.9 Å². The Hall–Kier alpha value is -1.70. The molecule has 2 heteroatoms. The fourth-order valence-electron chi connectivity index (χ4n) is 1.86. The minimum absolute atomic E-state index is 0.887. The van der Waals surface area contributed by atoms with Gasteiger partial charge in [-0.05, 0) is 29.7 Å². The predicted molar refractivity (Wildman–Crippen MR) is 68.6 cm³/mol. The topological polar surface area (TPSA) is 17.0 Å². The number of aryl methyl sites for hydroxylation is 2. The van der Waals surface area contributed by atoms with E-state index in [1.54, 1.807) is 0 Å². The van der Waals surface area contributed by atoms with Gasteiger partial charge in [-0.2, -0.15) is 0 Å². The van der Waals surface area contributed by atoms with Gasteiger partial charge in [-0.15, -0.1) is 0 Å². The lowest BCUT2D eigenvalue weighted by atomic mass is 10.1. The first-order chi connectivity index (χ1) is 7.79. The molecule has 0 spiro atoms. The van der Waals surface area contributed by atoms with Crippen molar-refractivity contribution in [2.75, 3.05) is 5.32 Å². The van der Waals surface area contributed by atoms with Crippen molar-refractivity contribution in [2.24, 2.45) is 7.05 Å². The summed E-state index contributed by atoms with van der Waals surface area (Å²) < 4.78 is 2.07. The van der Waals surface area contributed by atoms with E-state index in [1.807, 2.05) is 7.05 Å². The van der Waals surface area contributed by atoms with Crippen LogP contribution >= 0.6 is 0 Å². The standard InChI is InChI=1S/C14H18N2/c1-3-13-6-4-5-7-14(13)15-10-12-8-9-16(2)11-12/h4-9,11,15H,3,10H2,1-2H3. The first-order valence-corrected chi connectivity index (χ1v) is 5.72. The molecule has 16 heavy (non-hydrogen) atoms. The first kappa shape index (κ1) is 10.8. The van der Waals surface area contributed by atoms with Crippen molar-refractivity contribution in [2.45, 2.75) is 19.9 Å². The lowest BCUT2D eigenvalue weighted by Gasteiger charge is -2.09. The second-order valence-corrected chi connectivity index (χ2v) is 4.05. The summed E-state index contributed by atoms with van der Waals surface area (Å²) in [6.45, 7) is 3.07. The van der Waals surface area contributed by atoms with Crippen molar-refractivity contribution in [1.29, 1.82) is 0 Å². The molecular weight excluding hydrogens is 196 g/mol. The molecule has 0 saturated carbocycles. The maximum absolute atomic E-state index is 3.48. The van der Waals surface area contributed by atoms with Crippen molar-refractivity contribution < 1.29 is 0 Å². The molecule has 2 aromatic rings. The Morgan fingerprint density at radius 1 is 1.19 bits per heavy atom. The largest absolute Gasteiger partial charge is 0.381 e. The Kier molecular flexibility index (Phi) is 3.30.